The predicted molar refractivity (Wildman–Crippen MR) is 92.5 cm³/mol. The Kier molecular flexibility index (Phi) is 3.78. The fourth-order valence-corrected chi connectivity index (χ4v) is 3.96. The Morgan fingerprint density at radius 2 is 1.71 bits per heavy atom. The van der Waals surface area contributed by atoms with Crippen LogP contribution in [-0.4, -0.2) is 10.9 Å². The maximum absolute atomic E-state index is 13.3. The van der Waals surface area contributed by atoms with Gasteiger partial charge in [0.2, 0.25) is 0 Å². The molecule has 2 heterocycles. The van der Waals surface area contributed by atoms with Crippen LogP contribution in [-0.2, 0) is 0 Å². The minimum atomic E-state index is -0.296. The zero-order valence-electron chi connectivity index (χ0n) is 12.6. The van der Waals surface area contributed by atoms with Crippen LogP contribution in [0, 0.1) is 5.82 Å². The van der Waals surface area contributed by atoms with Crippen LogP contribution < -0.4 is 4.90 Å². The summed E-state index contributed by atoms with van der Waals surface area (Å²) < 4.78 is 13.3. The molecule has 0 aliphatic carbocycles. The number of hydrogen-bond donors (Lipinski definition) is 0. The Bertz CT molecular complexity index is 883. The highest BCUT2D eigenvalue weighted by atomic mass is 32.2. The van der Waals surface area contributed by atoms with E-state index in [4.69, 9.17) is 0 Å². The van der Waals surface area contributed by atoms with Crippen molar-refractivity contribution >= 4 is 23.4 Å². The molecule has 0 saturated carbocycles. The van der Waals surface area contributed by atoms with E-state index in [2.05, 4.69) is 4.98 Å². The highest BCUT2D eigenvalue weighted by molar-refractivity contribution is 7.99. The molecule has 0 bridgehead atoms. The Labute approximate surface area is 143 Å². The van der Waals surface area contributed by atoms with Gasteiger partial charge in [-0.15, -0.1) is 0 Å². The normalized spacial score (nSPS) is 16.8. The van der Waals surface area contributed by atoms with Crippen LogP contribution in [0.5, 0.6) is 0 Å². The molecule has 1 aliphatic rings. The molecule has 0 fully saturated rings. The number of carbonyl (C=O) groups is 1. The molecule has 0 saturated heterocycles. The van der Waals surface area contributed by atoms with Gasteiger partial charge in [-0.25, -0.2) is 9.37 Å². The second-order valence-electron chi connectivity index (χ2n) is 5.39. The first kappa shape index (κ1) is 14.9. The van der Waals surface area contributed by atoms with Crippen molar-refractivity contribution in [1.29, 1.82) is 0 Å². The molecule has 3 aromatic rings. The lowest BCUT2D eigenvalue weighted by Gasteiger charge is -2.35. The third-order valence-corrected chi connectivity index (χ3v) is 5.12. The highest BCUT2D eigenvalue weighted by Gasteiger charge is 2.35. The second kappa shape index (κ2) is 6.09. The average molecular weight is 336 g/mol. The van der Waals surface area contributed by atoms with Gasteiger partial charge in [-0.05, 0) is 42.0 Å². The summed E-state index contributed by atoms with van der Waals surface area (Å²) in [5.41, 5.74) is 2.25. The number of amides is 1. The summed E-state index contributed by atoms with van der Waals surface area (Å²) in [5, 5.41) is 0.409. The summed E-state index contributed by atoms with van der Waals surface area (Å²) in [7, 11) is 0. The Hall–Kier alpha value is -2.66. The van der Waals surface area contributed by atoms with Crippen molar-refractivity contribution in [3.05, 3.63) is 89.9 Å². The zero-order valence-corrected chi connectivity index (χ0v) is 13.4. The van der Waals surface area contributed by atoms with E-state index in [9.17, 15) is 9.18 Å². The van der Waals surface area contributed by atoms with Gasteiger partial charge in [-0.3, -0.25) is 9.69 Å². The molecule has 0 spiro atoms. The lowest BCUT2D eigenvalue weighted by Crippen LogP contribution is -2.37. The van der Waals surface area contributed by atoms with Crippen LogP contribution in [0.4, 0.5) is 10.1 Å². The van der Waals surface area contributed by atoms with Crippen LogP contribution in [0.2, 0.25) is 0 Å². The maximum Gasteiger partial charge on any atom is 0.262 e. The summed E-state index contributed by atoms with van der Waals surface area (Å²) in [5.74, 6) is -0.395. The Morgan fingerprint density at radius 1 is 0.958 bits per heavy atom. The molecule has 3 nitrogen and oxygen atoms in total. The van der Waals surface area contributed by atoms with Crippen molar-refractivity contribution in [2.75, 3.05) is 4.90 Å². The van der Waals surface area contributed by atoms with Gasteiger partial charge in [0.1, 0.15) is 16.2 Å². The van der Waals surface area contributed by atoms with Gasteiger partial charge in [0.15, 0.2) is 0 Å². The molecule has 5 heteroatoms. The summed E-state index contributed by atoms with van der Waals surface area (Å²) in [6.07, 6.45) is 1.68. The largest absolute Gasteiger partial charge is 0.291 e. The maximum atomic E-state index is 13.3. The van der Waals surface area contributed by atoms with E-state index < -0.39 is 0 Å². The van der Waals surface area contributed by atoms with E-state index in [0.717, 1.165) is 11.3 Å². The number of halogens is 1. The molecular formula is C19H13FN2OS. The van der Waals surface area contributed by atoms with Gasteiger partial charge >= 0.3 is 0 Å². The van der Waals surface area contributed by atoms with Crippen molar-refractivity contribution < 1.29 is 9.18 Å². The smallest absolute Gasteiger partial charge is 0.262 e. The standard InChI is InChI=1S/C19H13FN2OS/c20-14-10-8-13(9-11-14)19-22(15-5-2-1-3-6-15)18(23)16-7-4-12-21-17(16)24-19/h1-12,19H. The number of rotatable bonds is 2. The molecule has 1 atom stereocenters. The van der Waals surface area contributed by atoms with Gasteiger partial charge in [-0.2, -0.15) is 0 Å². The zero-order chi connectivity index (χ0) is 16.5. The van der Waals surface area contributed by atoms with Gasteiger partial charge in [0.25, 0.3) is 5.91 Å². The third kappa shape index (κ3) is 2.57. The molecule has 24 heavy (non-hydrogen) atoms. The van der Waals surface area contributed by atoms with Gasteiger partial charge < -0.3 is 0 Å². The Morgan fingerprint density at radius 3 is 2.46 bits per heavy atom. The number of fused-ring (bicyclic) bond motifs is 1. The molecule has 2 aromatic carbocycles. The monoisotopic (exact) mass is 336 g/mol. The average Bonchev–Trinajstić information content (AvgIpc) is 2.63. The molecule has 1 amide bonds. The molecule has 0 radical (unpaired) electrons. The van der Waals surface area contributed by atoms with E-state index in [1.807, 2.05) is 30.3 Å². The summed E-state index contributed by atoms with van der Waals surface area (Å²) in [6.45, 7) is 0. The highest BCUT2D eigenvalue weighted by Crippen LogP contribution is 2.45. The summed E-state index contributed by atoms with van der Waals surface area (Å²) in [4.78, 5) is 19.1. The van der Waals surface area contributed by atoms with Crippen LogP contribution in [0.25, 0.3) is 0 Å². The number of anilines is 1. The SMILES string of the molecule is O=C1c2cccnc2SC(c2ccc(F)cc2)N1c1ccccc1. The van der Waals surface area contributed by atoms with Gasteiger partial charge in [-0.1, -0.05) is 42.1 Å². The Balaban J connectivity index is 1.86. The van der Waals surface area contributed by atoms with Crippen LogP contribution in [0.1, 0.15) is 21.3 Å². The van der Waals surface area contributed by atoms with Crippen LogP contribution in [0.3, 0.4) is 0 Å². The van der Waals surface area contributed by atoms with E-state index in [1.54, 1.807) is 35.4 Å². The quantitative estimate of drug-likeness (QED) is 0.682. The first-order valence-electron chi connectivity index (χ1n) is 7.50. The number of carbonyl (C=O) groups excluding carboxylic acids is 1. The van der Waals surface area contributed by atoms with Crippen molar-refractivity contribution in [2.45, 2.75) is 10.4 Å². The molecule has 118 valence electrons. The fourth-order valence-electron chi connectivity index (χ4n) is 2.73. The minimum Gasteiger partial charge on any atom is -0.291 e. The van der Waals surface area contributed by atoms with Crippen molar-refractivity contribution in [2.24, 2.45) is 0 Å². The third-order valence-electron chi connectivity index (χ3n) is 3.87. The number of hydrogen-bond acceptors (Lipinski definition) is 3. The number of benzene rings is 2. The van der Waals surface area contributed by atoms with Crippen LogP contribution >= 0.6 is 11.8 Å². The van der Waals surface area contributed by atoms with Crippen LogP contribution in [0.15, 0.2) is 78.0 Å². The molecule has 4 rings (SSSR count). The topological polar surface area (TPSA) is 33.2 Å². The number of nitrogens with zero attached hydrogens (tertiary/aromatic N) is 2. The number of thioether (sulfide) groups is 1. The fraction of sp³-hybridized carbons (Fsp3) is 0.0526. The van der Waals surface area contributed by atoms with Crippen molar-refractivity contribution in [1.82, 2.24) is 4.98 Å². The van der Waals surface area contributed by atoms with E-state index in [1.165, 1.54) is 23.9 Å². The predicted octanol–water partition coefficient (Wildman–Crippen LogP) is 4.67. The first-order valence-corrected chi connectivity index (χ1v) is 8.38. The number of aromatic nitrogens is 1. The lowest BCUT2D eigenvalue weighted by atomic mass is 10.1. The first-order chi connectivity index (χ1) is 11.7. The van der Waals surface area contributed by atoms with Crippen molar-refractivity contribution in [3.63, 3.8) is 0 Å². The lowest BCUT2D eigenvalue weighted by molar-refractivity contribution is 0.0978. The van der Waals surface area contributed by atoms with E-state index >= 15 is 0 Å². The van der Waals surface area contributed by atoms with Gasteiger partial charge in [0.05, 0.1) is 5.56 Å². The molecule has 1 aliphatic heterocycles. The number of pyridine rings is 1. The minimum absolute atomic E-state index is 0.0997. The van der Waals surface area contributed by atoms with E-state index in [0.29, 0.717) is 10.6 Å². The molecule has 1 unspecified atom stereocenters. The second-order valence-corrected chi connectivity index (χ2v) is 6.46. The summed E-state index contributed by atoms with van der Waals surface area (Å²) >= 11 is 1.49. The molecule has 1 aromatic heterocycles. The molecule has 0 N–H and O–H groups in total. The van der Waals surface area contributed by atoms with Crippen molar-refractivity contribution in [3.8, 4) is 0 Å². The van der Waals surface area contributed by atoms with Gasteiger partial charge in [0, 0.05) is 11.9 Å². The molecular weight excluding hydrogens is 323 g/mol. The summed E-state index contributed by atoms with van der Waals surface area (Å²) in [6, 6.07) is 19.3. The number of para-hydroxylation sites is 1. The van der Waals surface area contributed by atoms with E-state index in [-0.39, 0.29) is 17.1 Å².